The van der Waals surface area contributed by atoms with Gasteiger partial charge in [0, 0.05) is 30.4 Å². The minimum Gasteiger partial charge on any atom is -0.368 e. The van der Waals surface area contributed by atoms with E-state index in [-0.39, 0.29) is 5.54 Å². The minimum absolute atomic E-state index is 0.178. The lowest BCUT2D eigenvalue weighted by atomic mass is 10.1. The topological polar surface area (TPSA) is 15.3 Å². The number of hydrogen-bond donors (Lipinski definition) is 1. The standard InChI is InChI=1S/C17H26N2/c1-17(2,3)18-11-14-6-4-5-7-16(14)19-12-13-8-9-15(19)10-13/h4-7,13,15,18H,8-12H2,1-3H3. The number of nitrogens with one attached hydrogen (secondary N) is 1. The molecule has 1 saturated heterocycles. The molecule has 1 N–H and O–H groups in total. The van der Waals surface area contributed by atoms with E-state index in [4.69, 9.17) is 0 Å². The minimum atomic E-state index is 0.178. The third-order valence-electron chi connectivity index (χ3n) is 4.52. The summed E-state index contributed by atoms with van der Waals surface area (Å²) >= 11 is 0. The molecule has 0 radical (unpaired) electrons. The molecule has 1 aliphatic carbocycles. The van der Waals surface area contributed by atoms with Gasteiger partial charge in [-0.15, -0.1) is 0 Å². The van der Waals surface area contributed by atoms with Crippen LogP contribution in [0.3, 0.4) is 0 Å². The van der Waals surface area contributed by atoms with Crippen LogP contribution in [0.25, 0.3) is 0 Å². The Morgan fingerprint density at radius 2 is 2.00 bits per heavy atom. The molecule has 2 unspecified atom stereocenters. The predicted octanol–water partition coefficient (Wildman–Crippen LogP) is 3.56. The first-order chi connectivity index (χ1) is 9.03. The van der Waals surface area contributed by atoms with Gasteiger partial charge in [-0.3, -0.25) is 0 Å². The molecule has 1 aromatic rings. The monoisotopic (exact) mass is 258 g/mol. The van der Waals surface area contributed by atoms with Crippen molar-refractivity contribution in [2.75, 3.05) is 11.4 Å². The van der Waals surface area contributed by atoms with Crippen LogP contribution in [0.5, 0.6) is 0 Å². The van der Waals surface area contributed by atoms with Crippen molar-refractivity contribution in [3.8, 4) is 0 Å². The van der Waals surface area contributed by atoms with Crippen LogP contribution < -0.4 is 10.2 Å². The number of hydrogen-bond acceptors (Lipinski definition) is 2. The van der Waals surface area contributed by atoms with E-state index in [1.165, 1.54) is 37.1 Å². The van der Waals surface area contributed by atoms with E-state index in [0.29, 0.717) is 0 Å². The van der Waals surface area contributed by atoms with Gasteiger partial charge in [-0.2, -0.15) is 0 Å². The van der Waals surface area contributed by atoms with Crippen LogP contribution >= 0.6 is 0 Å². The maximum Gasteiger partial charge on any atom is 0.0414 e. The van der Waals surface area contributed by atoms with Gasteiger partial charge in [0.05, 0.1) is 0 Å². The van der Waals surface area contributed by atoms with Crippen LogP contribution in [0.2, 0.25) is 0 Å². The Morgan fingerprint density at radius 1 is 1.21 bits per heavy atom. The number of piperidine rings is 1. The number of fused-ring (bicyclic) bond motifs is 2. The van der Waals surface area contributed by atoms with Crippen molar-refractivity contribution in [3.05, 3.63) is 29.8 Å². The Hall–Kier alpha value is -1.02. The van der Waals surface area contributed by atoms with Gasteiger partial charge in [-0.1, -0.05) is 18.2 Å². The molecule has 2 aliphatic rings. The second kappa shape index (κ2) is 4.82. The fraction of sp³-hybridized carbons (Fsp3) is 0.647. The summed E-state index contributed by atoms with van der Waals surface area (Å²) in [5.41, 5.74) is 3.09. The molecular weight excluding hydrogens is 232 g/mol. The summed E-state index contributed by atoms with van der Waals surface area (Å²) in [6.07, 6.45) is 4.26. The van der Waals surface area contributed by atoms with Crippen molar-refractivity contribution < 1.29 is 0 Å². The predicted molar refractivity (Wildman–Crippen MR) is 81.5 cm³/mol. The molecule has 2 nitrogen and oxygen atoms in total. The number of anilines is 1. The van der Waals surface area contributed by atoms with E-state index >= 15 is 0 Å². The Balaban J connectivity index is 1.78. The highest BCUT2D eigenvalue weighted by atomic mass is 15.2. The van der Waals surface area contributed by atoms with Gasteiger partial charge < -0.3 is 10.2 Å². The van der Waals surface area contributed by atoms with Gasteiger partial charge >= 0.3 is 0 Å². The van der Waals surface area contributed by atoms with Crippen LogP contribution in [0.4, 0.5) is 5.69 Å². The summed E-state index contributed by atoms with van der Waals surface area (Å²) in [5.74, 6) is 0.952. The van der Waals surface area contributed by atoms with E-state index in [2.05, 4.69) is 55.3 Å². The molecule has 104 valence electrons. The number of rotatable bonds is 3. The molecule has 1 heterocycles. The Bertz CT molecular complexity index is 447. The first-order valence-corrected chi connectivity index (χ1v) is 7.62. The molecule has 2 heteroatoms. The number of para-hydroxylation sites is 1. The van der Waals surface area contributed by atoms with Crippen LogP contribution in [0, 0.1) is 5.92 Å². The van der Waals surface area contributed by atoms with Crippen molar-refractivity contribution in [1.29, 1.82) is 0 Å². The summed E-state index contributed by atoms with van der Waals surface area (Å²) in [5, 5.41) is 3.62. The van der Waals surface area contributed by atoms with Crippen molar-refractivity contribution >= 4 is 5.69 Å². The number of benzene rings is 1. The summed E-state index contributed by atoms with van der Waals surface area (Å²) in [7, 11) is 0. The zero-order valence-electron chi connectivity index (χ0n) is 12.4. The maximum atomic E-state index is 3.62. The molecule has 0 amide bonds. The smallest absolute Gasteiger partial charge is 0.0414 e. The van der Waals surface area contributed by atoms with Crippen molar-refractivity contribution in [3.63, 3.8) is 0 Å². The average molecular weight is 258 g/mol. The van der Waals surface area contributed by atoms with Crippen molar-refractivity contribution in [2.45, 2.75) is 58.2 Å². The molecule has 2 atom stereocenters. The summed E-state index contributed by atoms with van der Waals surface area (Å²) < 4.78 is 0. The zero-order valence-corrected chi connectivity index (χ0v) is 12.4. The normalized spacial score (nSPS) is 26.2. The molecule has 19 heavy (non-hydrogen) atoms. The molecule has 1 aromatic carbocycles. The third kappa shape index (κ3) is 2.79. The first-order valence-electron chi connectivity index (χ1n) is 7.62. The van der Waals surface area contributed by atoms with Crippen LogP contribution in [-0.4, -0.2) is 18.1 Å². The zero-order chi connectivity index (χ0) is 13.5. The highest BCUT2D eigenvalue weighted by Gasteiger charge is 2.38. The van der Waals surface area contributed by atoms with Gasteiger partial charge in [-0.05, 0) is 57.6 Å². The molecule has 0 spiro atoms. The molecule has 0 aromatic heterocycles. The lowest BCUT2D eigenvalue weighted by Gasteiger charge is -2.32. The SMILES string of the molecule is CC(C)(C)NCc1ccccc1N1CC2CCC1C2. The van der Waals surface area contributed by atoms with Crippen molar-refractivity contribution in [2.24, 2.45) is 5.92 Å². The highest BCUT2D eigenvalue weighted by Crippen LogP contribution is 2.41. The number of nitrogens with zero attached hydrogens (tertiary/aromatic N) is 1. The molecule has 2 bridgehead atoms. The Kier molecular flexibility index (Phi) is 3.30. The molecule has 3 rings (SSSR count). The fourth-order valence-corrected chi connectivity index (χ4v) is 3.52. The maximum absolute atomic E-state index is 3.62. The van der Waals surface area contributed by atoms with Crippen LogP contribution in [0.1, 0.15) is 45.6 Å². The van der Waals surface area contributed by atoms with Crippen LogP contribution in [0.15, 0.2) is 24.3 Å². The van der Waals surface area contributed by atoms with Gasteiger partial charge in [0.1, 0.15) is 0 Å². The Morgan fingerprint density at radius 3 is 2.63 bits per heavy atom. The largest absolute Gasteiger partial charge is 0.368 e. The summed E-state index contributed by atoms with van der Waals surface area (Å²) in [6.45, 7) is 8.93. The molecule has 2 fully saturated rings. The third-order valence-corrected chi connectivity index (χ3v) is 4.52. The lowest BCUT2D eigenvalue weighted by Crippen LogP contribution is -2.37. The van der Waals surface area contributed by atoms with E-state index in [0.717, 1.165) is 18.5 Å². The average Bonchev–Trinajstić information content (AvgIpc) is 2.98. The lowest BCUT2D eigenvalue weighted by molar-refractivity contribution is 0.424. The second-order valence-electron chi connectivity index (χ2n) is 7.22. The highest BCUT2D eigenvalue weighted by molar-refractivity contribution is 5.56. The molecule has 1 saturated carbocycles. The summed E-state index contributed by atoms with van der Waals surface area (Å²) in [6, 6.07) is 9.74. The van der Waals surface area contributed by atoms with E-state index in [1.54, 1.807) is 0 Å². The Labute approximate surface area is 117 Å². The van der Waals surface area contributed by atoms with Gasteiger partial charge in [0.15, 0.2) is 0 Å². The van der Waals surface area contributed by atoms with E-state index in [9.17, 15) is 0 Å². The quantitative estimate of drug-likeness (QED) is 0.891. The van der Waals surface area contributed by atoms with E-state index in [1.807, 2.05) is 0 Å². The second-order valence-corrected chi connectivity index (χ2v) is 7.22. The van der Waals surface area contributed by atoms with Gasteiger partial charge in [-0.25, -0.2) is 0 Å². The molecular formula is C17H26N2. The van der Waals surface area contributed by atoms with Gasteiger partial charge in [0.2, 0.25) is 0 Å². The van der Waals surface area contributed by atoms with Crippen LogP contribution in [-0.2, 0) is 6.54 Å². The molecule has 1 aliphatic heterocycles. The summed E-state index contributed by atoms with van der Waals surface area (Å²) in [4.78, 5) is 2.66. The fourth-order valence-electron chi connectivity index (χ4n) is 3.52. The first kappa shape index (κ1) is 13.0. The van der Waals surface area contributed by atoms with Gasteiger partial charge in [0.25, 0.3) is 0 Å². The van der Waals surface area contributed by atoms with E-state index < -0.39 is 0 Å². The van der Waals surface area contributed by atoms with Crippen molar-refractivity contribution in [1.82, 2.24) is 5.32 Å².